The van der Waals surface area contributed by atoms with E-state index in [1.165, 1.54) is 0 Å². The summed E-state index contributed by atoms with van der Waals surface area (Å²) in [4.78, 5) is 4.42. The van der Waals surface area contributed by atoms with Gasteiger partial charge in [-0.1, -0.05) is 53.4 Å². The summed E-state index contributed by atoms with van der Waals surface area (Å²) in [6, 6.07) is 0. The van der Waals surface area contributed by atoms with Gasteiger partial charge in [0, 0.05) is 6.42 Å². The Kier molecular flexibility index (Phi) is 5.65. The minimum absolute atomic E-state index is 0.102. The van der Waals surface area contributed by atoms with Gasteiger partial charge in [0.2, 0.25) is 5.89 Å². The number of thioether (sulfide) groups is 2. The highest BCUT2D eigenvalue weighted by atomic mass is 32.2. The number of aromatic nitrogens is 4. The fraction of sp³-hybridized carbons (Fsp3) is 0.636. The first-order valence-electron chi connectivity index (χ1n) is 6.09. The zero-order valence-electron chi connectivity index (χ0n) is 11.1. The molecule has 0 bridgehead atoms. The van der Waals surface area contributed by atoms with Crippen LogP contribution in [0.1, 0.15) is 43.7 Å². The van der Waals surface area contributed by atoms with Crippen molar-refractivity contribution in [2.24, 2.45) is 0 Å². The number of hydrogen-bond acceptors (Lipinski definition) is 8. The van der Waals surface area contributed by atoms with Crippen LogP contribution in [0.3, 0.4) is 0 Å². The Morgan fingerprint density at radius 3 is 2.79 bits per heavy atom. The third kappa shape index (κ3) is 4.19. The predicted octanol–water partition coefficient (Wildman–Crippen LogP) is 3.84. The van der Waals surface area contributed by atoms with Crippen molar-refractivity contribution in [3.63, 3.8) is 0 Å². The average Bonchev–Trinajstić information content (AvgIpc) is 3.04. The molecule has 0 radical (unpaired) electrons. The summed E-state index contributed by atoms with van der Waals surface area (Å²) in [7, 11) is 0. The Bertz CT molecular complexity index is 514. The zero-order chi connectivity index (χ0) is 13.7. The van der Waals surface area contributed by atoms with Crippen LogP contribution in [0.5, 0.6) is 0 Å². The van der Waals surface area contributed by atoms with Crippen molar-refractivity contribution in [3.8, 4) is 0 Å². The van der Waals surface area contributed by atoms with Crippen LogP contribution in [0.2, 0.25) is 0 Å². The molecule has 0 aliphatic carbocycles. The minimum atomic E-state index is 0.102. The van der Waals surface area contributed by atoms with E-state index in [1.807, 2.05) is 13.2 Å². The van der Waals surface area contributed by atoms with E-state index in [9.17, 15) is 0 Å². The largest absolute Gasteiger partial charge is 0.338 e. The number of aryl methyl sites for hydroxylation is 1. The summed E-state index contributed by atoms with van der Waals surface area (Å²) in [6.45, 7) is 4.19. The van der Waals surface area contributed by atoms with Crippen LogP contribution in [0.4, 0.5) is 0 Å². The lowest BCUT2D eigenvalue weighted by Crippen LogP contribution is -1.91. The molecule has 2 rings (SSSR count). The Morgan fingerprint density at radius 2 is 2.11 bits per heavy atom. The first-order valence-corrected chi connectivity index (χ1v) is 9.01. The molecule has 0 spiro atoms. The molecule has 0 saturated carbocycles. The Labute approximate surface area is 125 Å². The molecule has 19 heavy (non-hydrogen) atoms. The smallest absolute Gasteiger partial charge is 0.239 e. The minimum Gasteiger partial charge on any atom is -0.338 e. The van der Waals surface area contributed by atoms with Gasteiger partial charge >= 0.3 is 0 Å². The molecule has 2 heterocycles. The Hall–Kier alpha value is -0.600. The van der Waals surface area contributed by atoms with Crippen molar-refractivity contribution < 1.29 is 4.52 Å². The number of hydrogen-bond donors (Lipinski definition) is 0. The second-order valence-corrected chi connectivity index (χ2v) is 7.57. The second-order valence-electron chi connectivity index (χ2n) is 3.95. The van der Waals surface area contributed by atoms with E-state index in [4.69, 9.17) is 4.52 Å². The predicted molar refractivity (Wildman–Crippen MR) is 78.9 cm³/mol. The molecule has 0 amide bonds. The Morgan fingerprint density at radius 1 is 1.32 bits per heavy atom. The number of rotatable bonds is 7. The van der Waals surface area contributed by atoms with Crippen molar-refractivity contribution in [1.29, 1.82) is 0 Å². The fourth-order valence-corrected chi connectivity index (χ4v) is 4.01. The highest BCUT2D eigenvalue weighted by Crippen LogP contribution is 2.37. The molecule has 2 aromatic heterocycles. The molecule has 0 saturated heterocycles. The SMILES string of the molecule is CCCCc1noc(C(C)Sc2nnc(SC)s2)n1. The van der Waals surface area contributed by atoms with Crippen LogP contribution < -0.4 is 0 Å². The standard InChI is InChI=1S/C11H16N4OS3/c1-4-5-6-8-12-9(16-15-8)7(2)18-11-14-13-10(17-3)19-11/h7H,4-6H2,1-3H3. The first-order chi connectivity index (χ1) is 9.22. The van der Waals surface area contributed by atoms with Crippen LogP contribution in [0.15, 0.2) is 13.2 Å². The highest BCUT2D eigenvalue weighted by Gasteiger charge is 2.17. The molecule has 2 aromatic rings. The molecule has 0 N–H and O–H groups in total. The van der Waals surface area contributed by atoms with E-state index in [-0.39, 0.29) is 5.25 Å². The second kappa shape index (κ2) is 7.25. The van der Waals surface area contributed by atoms with Gasteiger partial charge in [0.15, 0.2) is 14.5 Å². The molecule has 0 fully saturated rings. The van der Waals surface area contributed by atoms with Crippen LogP contribution in [-0.2, 0) is 6.42 Å². The molecule has 1 atom stereocenters. The lowest BCUT2D eigenvalue weighted by Gasteiger charge is -2.01. The van der Waals surface area contributed by atoms with Gasteiger partial charge in [-0.05, 0) is 19.6 Å². The van der Waals surface area contributed by atoms with Gasteiger partial charge in [-0.3, -0.25) is 0 Å². The van der Waals surface area contributed by atoms with E-state index in [2.05, 4.69) is 27.3 Å². The van der Waals surface area contributed by atoms with Gasteiger partial charge in [0.05, 0.1) is 5.25 Å². The van der Waals surface area contributed by atoms with Gasteiger partial charge in [-0.25, -0.2) is 0 Å². The van der Waals surface area contributed by atoms with Crippen LogP contribution in [-0.4, -0.2) is 26.6 Å². The normalized spacial score (nSPS) is 12.8. The van der Waals surface area contributed by atoms with Gasteiger partial charge in [-0.2, -0.15) is 4.98 Å². The summed E-state index contributed by atoms with van der Waals surface area (Å²) in [5.74, 6) is 1.46. The van der Waals surface area contributed by atoms with Crippen LogP contribution >= 0.6 is 34.9 Å². The summed E-state index contributed by atoms with van der Waals surface area (Å²) in [6.07, 6.45) is 5.10. The first kappa shape index (κ1) is 14.8. The van der Waals surface area contributed by atoms with E-state index >= 15 is 0 Å². The molecule has 8 heteroatoms. The average molecular weight is 316 g/mol. The highest BCUT2D eigenvalue weighted by molar-refractivity contribution is 8.03. The van der Waals surface area contributed by atoms with Crippen molar-refractivity contribution in [2.45, 2.75) is 47.0 Å². The maximum atomic E-state index is 5.30. The lowest BCUT2D eigenvalue weighted by atomic mass is 10.2. The van der Waals surface area contributed by atoms with E-state index in [1.54, 1.807) is 34.9 Å². The summed E-state index contributed by atoms with van der Waals surface area (Å²) in [5.41, 5.74) is 0. The quantitative estimate of drug-likeness (QED) is 0.719. The van der Waals surface area contributed by atoms with E-state index in [0.29, 0.717) is 5.89 Å². The molecule has 0 aliphatic heterocycles. The van der Waals surface area contributed by atoms with E-state index < -0.39 is 0 Å². The molecular weight excluding hydrogens is 300 g/mol. The van der Waals surface area contributed by atoms with Gasteiger partial charge in [0.25, 0.3) is 0 Å². The monoisotopic (exact) mass is 316 g/mol. The van der Waals surface area contributed by atoms with E-state index in [0.717, 1.165) is 33.8 Å². The molecule has 1 unspecified atom stereocenters. The van der Waals surface area contributed by atoms with Crippen molar-refractivity contribution in [1.82, 2.24) is 20.3 Å². The van der Waals surface area contributed by atoms with Crippen molar-refractivity contribution in [3.05, 3.63) is 11.7 Å². The van der Waals surface area contributed by atoms with Crippen molar-refractivity contribution >= 4 is 34.9 Å². The Balaban J connectivity index is 1.95. The van der Waals surface area contributed by atoms with Crippen LogP contribution in [0.25, 0.3) is 0 Å². The lowest BCUT2D eigenvalue weighted by molar-refractivity contribution is 0.374. The van der Waals surface area contributed by atoms with Crippen LogP contribution in [0, 0.1) is 0 Å². The van der Waals surface area contributed by atoms with Gasteiger partial charge in [0.1, 0.15) is 0 Å². The zero-order valence-corrected chi connectivity index (χ0v) is 13.6. The summed E-state index contributed by atoms with van der Waals surface area (Å²) in [5, 5.41) is 12.3. The maximum absolute atomic E-state index is 5.30. The van der Waals surface area contributed by atoms with Gasteiger partial charge in [-0.15, -0.1) is 10.2 Å². The molecule has 0 aromatic carbocycles. The maximum Gasteiger partial charge on any atom is 0.239 e. The number of unbranched alkanes of at least 4 members (excludes halogenated alkanes) is 1. The molecule has 0 aliphatic rings. The molecule has 5 nitrogen and oxygen atoms in total. The van der Waals surface area contributed by atoms with Gasteiger partial charge < -0.3 is 4.52 Å². The summed E-state index contributed by atoms with van der Waals surface area (Å²) >= 11 is 4.80. The fourth-order valence-electron chi connectivity index (χ4n) is 1.40. The third-order valence-electron chi connectivity index (χ3n) is 2.43. The topological polar surface area (TPSA) is 64.7 Å². The molecule has 104 valence electrons. The summed E-state index contributed by atoms with van der Waals surface area (Å²) < 4.78 is 7.21. The molecular formula is C11H16N4OS3. The third-order valence-corrected chi connectivity index (χ3v) is 5.50. The van der Waals surface area contributed by atoms with Crippen molar-refractivity contribution in [2.75, 3.05) is 6.26 Å². The number of nitrogens with zero attached hydrogens (tertiary/aromatic N) is 4.